The molecule has 0 radical (unpaired) electrons. The number of nitrogens with zero attached hydrogens (tertiary/aromatic N) is 1. The first-order valence-electron chi connectivity index (χ1n) is 7.60. The maximum absolute atomic E-state index is 14.1. The lowest BCUT2D eigenvalue weighted by Gasteiger charge is -2.19. The monoisotopic (exact) mass is 407 g/mol. The van der Waals surface area contributed by atoms with Crippen LogP contribution in [0, 0.1) is 19.7 Å². The van der Waals surface area contributed by atoms with E-state index in [-0.39, 0.29) is 22.8 Å². The van der Waals surface area contributed by atoms with Gasteiger partial charge in [0.05, 0.1) is 11.4 Å². The summed E-state index contributed by atoms with van der Waals surface area (Å²) in [5.74, 6) is -2.97. The van der Waals surface area contributed by atoms with Crippen LogP contribution in [-0.2, 0) is 17.1 Å². The first kappa shape index (κ1) is 20.7. The van der Waals surface area contributed by atoms with E-state index in [4.69, 9.17) is 0 Å². The molecule has 0 spiro atoms. The molecule has 2 N–H and O–H groups in total. The van der Waals surface area contributed by atoms with Crippen LogP contribution in [0.2, 0.25) is 0 Å². The van der Waals surface area contributed by atoms with Gasteiger partial charge in [-0.05, 0) is 37.6 Å². The van der Waals surface area contributed by atoms with E-state index in [0.717, 1.165) is 10.6 Å². The molecule has 11 heteroatoms. The van der Waals surface area contributed by atoms with Crippen LogP contribution in [-0.4, -0.2) is 24.9 Å². The Morgan fingerprint density at radius 2 is 1.74 bits per heavy atom. The number of aromatic nitrogens is 1. The first-order valence-corrected chi connectivity index (χ1v) is 9.25. The minimum Gasteiger partial charge on any atom is -0.337 e. The Labute approximate surface area is 152 Å². The topological polar surface area (TPSA) is 80.2 Å². The van der Waals surface area contributed by atoms with Gasteiger partial charge in [-0.3, -0.25) is 14.1 Å². The SMILES string of the molecule is Cc1ccc(Nc2c(NS(=O)(=O)CC(F)(F)F)cc(C)c(=O)n2C)c(F)c1. The Bertz CT molecular complexity index is 1030. The molecule has 0 unspecified atom stereocenters. The van der Waals surface area contributed by atoms with Crippen molar-refractivity contribution in [3.63, 3.8) is 0 Å². The van der Waals surface area contributed by atoms with E-state index in [1.54, 1.807) is 13.0 Å². The highest BCUT2D eigenvalue weighted by molar-refractivity contribution is 7.92. The molecule has 1 aromatic carbocycles. The summed E-state index contributed by atoms with van der Waals surface area (Å²) in [6.07, 6.45) is -4.95. The Morgan fingerprint density at radius 1 is 1.11 bits per heavy atom. The molecule has 0 saturated heterocycles. The van der Waals surface area contributed by atoms with Gasteiger partial charge in [-0.25, -0.2) is 12.8 Å². The fourth-order valence-corrected chi connectivity index (χ4v) is 3.38. The van der Waals surface area contributed by atoms with Crippen molar-refractivity contribution in [2.45, 2.75) is 20.0 Å². The maximum Gasteiger partial charge on any atom is 0.404 e. The average Bonchev–Trinajstić information content (AvgIpc) is 2.48. The molecule has 148 valence electrons. The number of hydrogen-bond acceptors (Lipinski definition) is 4. The van der Waals surface area contributed by atoms with Gasteiger partial charge in [0.1, 0.15) is 11.6 Å². The molecule has 0 aliphatic heterocycles. The average molecular weight is 407 g/mol. The smallest absolute Gasteiger partial charge is 0.337 e. The maximum atomic E-state index is 14.1. The van der Waals surface area contributed by atoms with Crippen LogP contribution in [0.25, 0.3) is 0 Å². The Balaban J connectivity index is 2.53. The van der Waals surface area contributed by atoms with Gasteiger partial charge >= 0.3 is 6.18 Å². The van der Waals surface area contributed by atoms with Gasteiger partial charge in [-0.1, -0.05) is 6.07 Å². The molecule has 0 aliphatic carbocycles. The van der Waals surface area contributed by atoms with E-state index in [0.29, 0.717) is 5.56 Å². The summed E-state index contributed by atoms with van der Waals surface area (Å²) in [7, 11) is -3.51. The van der Waals surface area contributed by atoms with Crippen LogP contribution >= 0.6 is 0 Å². The summed E-state index contributed by atoms with van der Waals surface area (Å²) in [6.45, 7) is 3.03. The predicted octanol–water partition coefficient (Wildman–Crippen LogP) is 3.19. The number of anilines is 3. The number of pyridine rings is 1. The summed E-state index contributed by atoms with van der Waals surface area (Å²) >= 11 is 0. The third-order valence-electron chi connectivity index (χ3n) is 3.59. The Hall–Kier alpha value is -2.56. The van der Waals surface area contributed by atoms with Crippen LogP contribution < -0.4 is 15.6 Å². The third kappa shape index (κ3) is 5.22. The molecule has 0 amide bonds. The molecule has 0 bridgehead atoms. The second-order valence-electron chi connectivity index (χ2n) is 6.04. The number of hydrogen-bond donors (Lipinski definition) is 2. The van der Waals surface area contributed by atoms with Crippen molar-refractivity contribution in [2.24, 2.45) is 7.05 Å². The highest BCUT2D eigenvalue weighted by atomic mass is 32.2. The van der Waals surface area contributed by atoms with Crippen LogP contribution in [0.1, 0.15) is 11.1 Å². The zero-order valence-electron chi connectivity index (χ0n) is 14.6. The number of benzene rings is 1. The fourth-order valence-electron chi connectivity index (χ4n) is 2.39. The van der Waals surface area contributed by atoms with Gasteiger partial charge in [-0.2, -0.15) is 13.2 Å². The van der Waals surface area contributed by atoms with E-state index in [9.17, 15) is 30.8 Å². The molecule has 1 heterocycles. The minimum atomic E-state index is -4.95. The van der Waals surface area contributed by atoms with Crippen molar-refractivity contribution in [3.8, 4) is 0 Å². The first-order chi connectivity index (χ1) is 12.3. The molecule has 27 heavy (non-hydrogen) atoms. The molecule has 2 rings (SSSR count). The number of halogens is 4. The third-order valence-corrected chi connectivity index (χ3v) is 4.83. The van der Waals surface area contributed by atoms with E-state index in [2.05, 4.69) is 5.32 Å². The predicted molar refractivity (Wildman–Crippen MR) is 94.3 cm³/mol. The number of nitrogens with one attached hydrogen (secondary N) is 2. The van der Waals surface area contributed by atoms with Crippen molar-refractivity contribution in [1.82, 2.24) is 4.57 Å². The zero-order valence-corrected chi connectivity index (χ0v) is 15.4. The van der Waals surface area contributed by atoms with Gasteiger partial charge in [0, 0.05) is 12.6 Å². The normalized spacial score (nSPS) is 12.1. The summed E-state index contributed by atoms with van der Waals surface area (Å²) in [6, 6.07) is 5.24. The van der Waals surface area contributed by atoms with Gasteiger partial charge in [0.2, 0.25) is 10.0 Å². The van der Waals surface area contributed by atoms with Crippen molar-refractivity contribution < 1.29 is 26.0 Å². The van der Waals surface area contributed by atoms with Gasteiger partial charge < -0.3 is 5.32 Å². The molecular weight excluding hydrogens is 390 g/mol. The molecule has 2 aromatic rings. The highest BCUT2D eigenvalue weighted by Gasteiger charge is 2.35. The minimum absolute atomic E-state index is 0.0734. The van der Waals surface area contributed by atoms with E-state index < -0.39 is 33.3 Å². The lowest BCUT2D eigenvalue weighted by Crippen LogP contribution is -2.30. The second-order valence-corrected chi connectivity index (χ2v) is 7.76. The quantitative estimate of drug-likeness (QED) is 0.746. The van der Waals surface area contributed by atoms with Crippen LogP contribution in [0.4, 0.5) is 34.8 Å². The summed E-state index contributed by atoms with van der Waals surface area (Å²) in [5.41, 5.74) is -0.183. The molecule has 0 atom stereocenters. The van der Waals surface area contributed by atoms with E-state index in [1.807, 2.05) is 4.72 Å². The summed E-state index contributed by atoms with van der Waals surface area (Å²) < 4.78 is 78.0. The molecule has 0 saturated carbocycles. The van der Waals surface area contributed by atoms with Crippen LogP contribution in [0.3, 0.4) is 0 Å². The standard InChI is InChI=1S/C16H17F4N3O3S/c1-9-4-5-12(11(17)6-9)21-14-13(7-10(2)15(24)23(14)3)22-27(25,26)8-16(18,19)20/h4-7,21-22H,8H2,1-3H3. The van der Waals surface area contributed by atoms with Crippen LogP contribution in [0.5, 0.6) is 0 Å². The Morgan fingerprint density at radius 3 is 2.30 bits per heavy atom. The van der Waals surface area contributed by atoms with Gasteiger partial charge in [0.25, 0.3) is 5.56 Å². The van der Waals surface area contributed by atoms with E-state index >= 15 is 0 Å². The zero-order chi connectivity index (χ0) is 20.6. The largest absolute Gasteiger partial charge is 0.404 e. The molecule has 6 nitrogen and oxygen atoms in total. The molecular formula is C16H17F4N3O3S. The molecule has 0 aliphatic rings. The van der Waals surface area contributed by atoms with Crippen molar-refractivity contribution in [3.05, 3.63) is 51.6 Å². The summed E-state index contributed by atoms with van der Waals surface area (Å²) in [4.78, 5) is 12.1. The number of aryl methyl sites for hydroxylation is 2. The van der Waals surface area contributed by atoms with E-state index in [1.165, 1.54) is 26.1 Å². The summed E-state index contributed by atoms with van der Waals surface area (Å²) in [5, 5.41) is 2.57. The van der Waals surface area contributed by atoms with Crippen molar-refractivity contribution in [1.29, 1.82) is 0 Å². The fraction of sp³-hybridized carbons (Fsp3) is 0.312. The Kier molecular flexibility index (Phi) is 5.55. The lowest BCUT2D eigenvalue weighted by molar-refractivity contribution is -0.106. The molecule has 0 fully saturated rings. The number of alkyl halides is 3. The second kappa shape index (κ2) is 7.22. The van der Waals surface area contributed by atoms with Crippen molar-refractivity contribution >= 4 is 27.2 Å². The van der Waals surface area contributed by atoms with Crippen molar-refractivity contribution in [2.75, 3.05) is 15.8 Å². The number of rotatable bonds is 5. The highest BCUT2D eigenvalue weighted by Crippen LogP contribution is 2.28. The van der Waals surface area contributed by atoms with Gasteiger partial charge in [-0.15, -0.1) is 0 Å². The lowest BCUT2D eigenvalue weighted by atomic mass is 10.2. The van der Waals surface area contributed by atoms with Gasteiger partial charge in [0.15, 0.2) is 5.75 Å². The number of sulfonamides is 1. The molecule has 1 aromatic heterocycles. The van der Waals surface area contributed by atoms with Crippen LogP contribution in [0.15, 0.2) is 29.1 Å².